The van der Waals surface area contributed by atoms with E-state index in [0.29, 0.717) is 12.2 Å². The Labute approximate surface area is 129 Å². The van der Waals surface area contributed by atoms with E-state index >= 15 is 0 Å². The van der Waals surface area contributed by atoms with E-state index < -0.39 is 5.82 Å². The summed E-state index contributed by atoms with van der Waals surface area (Å²) in [4.78, 5) is 11.7. The predicted octanol–water partition coefficient (Wildman–Crippen LogP) is 4.56. The van der Waals surface area contributed by atoms with E-state index in [9.17, 15) is 9.18 Å². The second-order valence-electron chi connectivity index (χ2n) is 4.07. The fraction of sp³-hybridized carbons (Fsp3) is 0.0714. The maximum Gasteiger partial charge on any atom is 0.319 e. The molecule has 6 heteroatoms. The lowest BCUT2D eigenvalue weighted by Gasteiger charge is -2.08. The van der Waals surface area contributed by atoms with E-state index in [-0.39, 0.29) is 11.1 Å². The van der Waals surface area contributed by atoms with Gasteiger partial charge < -0.3 is 10.6 Å². The van der Waals surface area contributed by atoms with Gasteiger partial charge in [-0.2, -0.15) is 0 Å². The molecule has 2 rings (SSSR count). The lowest BCUT2D eigenvalue weighted by Crippen LogP contribution is -2.28. The van der Waals surface area contributed by atoms with Gasteiger partial charge in [0.1, 0.15) is 5.82 Å². The smallest absolute Gasteiger partial charge is 0.319 e. The third-order valence-corrected chi connectivity index (χ3v) is 3.30. The van der Waals surface area contributed by atoms with Crippen LogP contribution < -0.4 is 10.6 Å². The number of benzene rings is 2. The molecule has 104 valence electrons. The van der Waals surface area contributed by atoms with Crippen molar-refractivity contribution in [3.8, 4) is 0 Å². The average molecular weight is 358 g/mol. The average Bonchev–Trinajstić information content (AvgIpc) is 2.41. The van der Waals surface area contributed by atoms with E-state index in [1.807, 2.05) is 24.3 Å². The summed E-state index contributed by atoms with van der Waals surface area (Å²) in [6.07, 6.45) is 0. The summed E-state index contributed by atoms with van der Waals surface area (Å²) < 4.78 is 13.9. The van der Waals surface area contributed by atoms with Gasteiger partial charge in [-0.1, -0.05) is 39.7 Å². The molecule has 2 amide bonds. The summed E-state index contributed by atoms with van der Waals surface area (Å²) in [5.74, 6) is -0.522. The molecule has 2 aromatic rings. The first-order valence-electron chi connectivity index (χ1n) is 5.79. The van der Waals surface area contributed by atoms with Crippen LogP contribution in [0.1, 0.15) is 5.56 Å². The highest BCUT2D eigenvalue weighted by atomic mass is 79.9. The molecule has 0 fully saturated rings. The standard InChI is InChI=1S/C14H11BrClFN2O/c15-10-3-1-2-9(6-10)8-18-14(20)19-11-4-5-13(17)12(16)7-11/h1-7H,8H2,(H2,18,19,20). The number of nitrogens with one attached hydrogen (secondary N) is 2. The molecule has 0 atom stereocenters. The van der Waals surface area contributed by atoms with E-state index in [4.69, 9.17) is 11.6 Å². The summed E-state index contributed by atoms with van der Waals surface area (Å²) in [5, 5.41) is 5.25. The predicted molar refractivity (Wildman–Crippen MR) is 81.4 cm³/mol. The minimum absolute atomic E-state index is 0.0326. The number of rotatable bonds is 3. The first kappa shape index (κ1) is 14.8. The summed E-state index contributed by atoms with van der Waals surface area (Å²) >= 11 is 8.99. The van der Waals surface area contributed by atoms with Gasteiger partial charge in [0.05, 0.1) is 5.02 Å². The van der Waals surface area contributed by atoms with Gasteiger partial charge in [0.25, 0.3) is 0 Å². The molecule has 0 spiro atoms. The van der Waals surface area contributed by atoms with Crippen LogP contribution >= 0.6 is 27.5 Å². The van der Waals surface area contributed by atoms with Crippen LogP contribution in [0, 0.1) is 5.82 Å². The van der Waals surface area contributed by atoms with Gasteiger partial charge in [0.2, 0.25) is 0 Å². The van der Waals surface area contributed by atoms with Crippen LogP contribution in [0.25, 0.3) is 0 Å². The van der Waals surface area contributed by atoms with Crippen molar-refractivity contribution < 1.29 is 9.18 Å². The molecule has 0 aliphatic carbocycles. The molecule has 0 aliphatic rings. The van der Waals surface area contributed by atoms with E-state index in [1.54, 1.807) is 0 Å². The van der Waals surface area contributed by atoms with Crippen molar-refractivity contribution in [1.82, 2.24) is 5.32 Å². The van der Waals surface area contributed by atoms with Crippen molar-refractivity contribution in [2.75, 3.05) is 5.32 Å². The molecule has 0 saturated carbocycles. The molecule has 0 aliphatic heterocycles. The zero-order chi connectivity index (χ0) is 14.5. The van der Waals surface area contributed by atoms with Crippen LogP contribution in [-0.4, -0.2) is 6.03 Å². The van der Waals surface area contributed by atoms with Crippen LogP contribution in [0.2, 0.25) is 5.02 Å². The third kappa shape index (κ3) is 4.21. The molecule has 0 aromatic heterocycles. The minimum Gasteiger partial charge on any atom is -0.334 e. The van der Waals surface area contributed by atoms with Crippen LogP contribution in [0.15, 0.2) is 46.9 Å². The molecule has 0 radical (unpaired) electrons. The van der Waals surface area contributed by atoms with Crippen LogP contribution in [0.5, 0.6) is 0 Å². The Bertz CT molecular complexity index is 636. The number of anilines is 1. The largest absolute Gasteiger partial charge is 0.334 e. The van der Waals surface area contributed by atoms with Crippen LogP contribution in [0.3, 0.4) is 0 Å². The molecule has 3 nitrogen and oxygen atoms in total. The zero-order valence-corrected chi connectivity index (χ0v) is 12.6. The Morgan fingerprint density at radius 3 is 2.75 bits per heavy atom. The number of hydrogen-bond acceptors (Lipinski definition) is 1. The Hall–Kier alpha value is -1.59. The minimum atomic E-state index is -0.522. The van der Waals surface area contributed by atoms with Gasteiger partial charge in [-0.25, -0.2) is 9.18 Å². The second kappa shape index (κ2) is 6.72. The van der Waals surface area contributed by atoms with E-state index in [0.717, 1.165) is 10.0 Å². The molecule has 20 heavy (non-hydrogen) atoms. The van der Waals surface area contributed by atoms with E-state index in [1.165, 1.54) is 18.2 Å². The number of hydrogen-bond donors (Lipinski definition) is 2. The van der Waals surface area contributed by atoms with Crippen molar-refractivity contribution in [3.05, 3.63) is 63.3 Å². The van der Waals surface area contributed by atoms with Crippen molar-refractivity contribution in [2.45, 2.75) is 6.54 Å². The van der Waals surface area contributed by atoms with Gasteiger partial charge in [-0.3, -0.25) is 0 Å². The van der Waals surface area contributed by atoms with Crippen LogP contribution in [-0.2, 0) is 6.54 Å². The van der Waals surface area contributed by atoms with Gasteiger partial charge in [-0.05, 0) is 35.9 Å². The van der Waals surface area contributed by atoms with Crippen LogP contribution in [0.4, 0.5) is 14.9 Å². The number of carbonyl (C=O) groups excluding carboxylic acids is 1. The maximum absolute atomic E-state index is 13.0. The molecule has 2 N–H and O–H groups in total. The summed E-state index contributed by atoms with van der Waals surface area (Å²) in [6, 6.07) is 11.2. The van der Waals surface area contributed by atoms with E-state index in [2.05, 4.69) is 26.6 Å². The normalized spacial score (nSPS) is 10.2. The first-order valence-corrected chi connectivity index (χ1v) is 6.96. The summed E-state index contributed by atoms with van der Waals surface area (Å²) in [6.45, 7) is 0.389. The van der Waals surface area contributed by atoms with Crippen molar-refractivity contribution in [1.29, 1.82) is 0 Å². The Kier molecular flexibility index (Phi) is 4.98. The molecule has 0 unspecified atom stereocenters. The number of halogens is 3. The van der Waals surface area contributed by atoms with Crippen molar-refractivity contribution >= 4 is 39.2 Å². The lowest BCUT2D eigenvalue weighted by molar-refractivity contribution is 0.251. The topological polar surface area (TPSA) is 41.1 Å². The highest BCUT2D eigenvalue weighted by Gasteiger charge is 2.05. The Morgan fingerprint density at radius 2 is 2.05 bits per heavy atom. The van der Waals surface area contributed by atoms with Crippen molar-refractivity contribution in [2.24, 2.45) is 0 Å². The maximum atomic E-state index is 13.0. The molecule has 0 saturated heterocycles. The summed E-state index contributed by atoms with van der Waals surface area (Å²) in [7, 11) is 0. The highest BCUT2D eigenvalue weighted by molar-refractivity contribution is 9.10. The van der Waals surface area contributed by atoms with Gasteiger partial charge in [0.15, 0.2) is 0 Å². The quantitative estimate of drug-likeness (QED) is 0.830. The molecular formula is C14H11BrClFN2O. The molecule has 0 heterocycles. The number of urea groups is 1. The fourth-order valence-corrected chi connectivity index (χ4v) is 2.21. The zero-order valence-electron chi connectivity index (χ0n) is 10.3. The number of amides is 2. The molecular weight excluding hydrogens is 347 g/mol. The monoisotopic (exact) mass is 356 g/mol. The van der Waals surface area contributed by atoms with Gasteiger partial charge in [-0.15, -0.1) is 0 Å². The molecule has 2 aromatic carbocycles. The second-order valence-corrected chi connectivity index (χ2v) is 5.39. The number of carbonyl (C=O) groups is 1. The molecule has 0 bridgehead atoms. The highest BCUT2D eigenvalue weighted by Crippen LogP contribution is 2.19. The SMILES string of the molecule is O=C(NCc1cccc(Br)c1)Nc1ccc(F)c(Cl)c1. The van der Waals surface area contributed by atoms with Gasteiger partial charge >= 0.3 is 6.03 Å². The van der Waals surface area contributed by atoms with Gasteiger partial charge in [0, 0.05) is 16.7 Å². The Morgan fingerprint density at radius 1 is 1.25 bits per heavy atom. The Balaban J connectivity index is 1.91. The third-order valence-electron chi connectivity index (χ3n) is 2.52. The first-order chi connectivity index (χ1) is 9.54. The fourth-order valence-electron chi connectivity index (χ4n) is 1.58. The summed E-state index contributed by atoms with van der Waals surface area (Å²) in [5.41, 5.74) is 1.40. The van der Waals surface area contributed by atoms with Crippen molar-refractivity contribution in [3.63, 3.8) is 0 Å². The lowest BCUT2D eigenvalue weighted by atomic mass is 10.2.